The van der Waals surface area contributed by atoms with E-state index in [9.17, 15) is 29.8 Å². The van der Waals surface area contributed by atoms with Crippen LogP contribution >= 0.6 is 0 Å². The van der Waals surface area contributed by atoms with E-state index in [1.54, 1.807) is 25.1 Å². The lowest BCUT2D eigenvalue weighted by atomic mass is 10.2. The molecule has 1 N–H and O–H groups in total. The van der Waals surface area contributed by atoms with Crippen molar-refractivity contribution in [2.45, 2.75) is 6.92 Å². The molecule has 0 bridgehead atoms. The third-order valence-corrected chi connectivity index (χ3v) is 4.46. The van der Waals surface area contributed by atoms with Crippen LogP contribution in [0.1, 0.15) is 21.5 Å². The molecule has 0 saturated carbocycles. The number of nitro benzene ring substituents is 2. The molecule has 12 heteroatoms. The Hall–Kier alpha value is -5.13. The predicted molar refractivity (Wildman–Crippen MR) is 124 cm³/mol. The van der Waals surface area contributed by atoms with Gasteiger partial charge in [-0.2, -0.15) is 5.10 Å². The summed E-state index contributed by atoms with van der Waals surface area (Å²) in [4.78, 5) is 44.8. The smallest absolute Gasteiger partial charge is 0.343 e. The molecule has 0 aromatic heterocycles. The standard InChI is InChI=1S/C23H18N4O8/c1-15-5-10-21(20(11-15)27(32)33)34-14-22(28)25-24-13-16-3-2-4-19(12-16)35-23(29)17-6-8-18(9-7-17)26(30)31/h2-13H,14H2,1H3,(H,25,28)/b24-13-. The van der Waals surface area contributed by atoms with Gasteiger partial charge in [0.25, 0.3) is 11.6 Å². The number of non-ortho nitro benzene ring substituents is 1. The zero-order chi connectivity index (χ0) is 25.4. The molecule has 0 spiro atoms. The summed E-state index contributed by atoms with van der Waals surface area (Å²) in [6.07, 6.45) is 1.30. The maximum absolute atomic E-state index is 12.2. The summed E-state index contributed by atoms with van der Waals surface area (Å²) in [6.45, 7) is 1.21. The first-order valence-corrected chi connectivity index (χ1v) is 9.99. The van der Waals surface area contributed by atoms with Gasteiger partial charge >= 0.3 is 11.7 Å². The molecule has 0 aliphatic heterocycles. The normalized spacial score (nSPS) is 10.5. The van der Waals surface area contributed by atoms with Gasteiger partial charge in [0.15, 0.2) is 12.4 Å². The second kappa shape index (κ2) is 11.1. The van der Waals surface area contributed by atoms with E-state index >= 15 is 0 Å². The molecule has 0 aliphatic carbocycles. The lowest BCUT2D eigenvalue weighted by Gasteiger charge is -2.06. The van der Waals surface area contributed by atoms with E-state index in [0.717, 1.165) is 0 Å². The zero-order valence-corrected chi connectivity index (χ0v) is 18.2. The van der Waals surface area contributed by atoms with Crippen molar-refractivity contribution in [3.63, 3.8) is 0 Å². The minimum absolute atomic E-state index is 0.0396. The minimum atomic E-state index is -0.704. The van der Waals surface area contributed by atoms with Crippen molar-refractivity contribution in [3.8, 4) is 11.5 Å². The van der Waals surface area contributed by atoms with Crippen molar-refractivity contribution in [3.05, 3.63) is 104 Å². The van der Waals surface area contributed by atoms with Crippen LogP contribution in [0.2, 0.25) is 0 Å². The van der Waals surface area contributed by atoms with Crippen LogP contribution in [0.4, 0.5) is 11.4 Å². The summed E-state index contributed by atoms with van der Waals surface area (Å²) in [6, 6.07) is 15.6. The maximum Gasteiger partial charge on any atom is 0.343 e. The number of amides is 1. The molecular formula is C23H18N4O8. The number of hydrogen-bond acceptors (Lipinski definition) is 9. The number of hydrazone groups is 1. The van der Waals surface area contributed by atoms with Crippen molar-refractivity contribution in [1.29, 1.82) is 0 Å². The zero-order valence-electron chi connectivity index (χ0n) is 18.2. The van der Waals surface area contributed by atoms with E-state index in [1.807, 2.05) is 0 Å². The van der Waals surface area contributed by atoms with Gasteiger partial charge in [-0.05, 0) is 48.4 Å². The van der Waals surface area contributed by atoms with Gasteiger partial charge in [-0.25, -0.2) is 10.2 Å². The number of esters is 1. The Labute approximate surface area is 198 Å². The van der Waals surface area contributed by atoms with Crippen LogP contribution < -0.4 is 14.9 Å². The fraction of sp³-hybridized carbons (Fsp3) is 0.0870. The number of aryl methyl sites for hydroxylation is 1. The van der Waals surface area contributed by atoms with Crippen LogP contribution in [0.25, 0.3) is 0 Å². The van der Waals surface area contributed by atoms with Gasteiger partial charge in [0.1, 0.15) is 5.75 Å². The topological polar surface area (TPSA) is 163 Å². The molecule has 3 aromatic carbocycles. The Morgan fingerprint density at radius 2 is 1.74 bits per heavy atom. The maximum atomic E-state index is 12.2. The van der Waals surface area contributed by atoms with E-state index in [2.05, 4.69) is 10.5 Å². The van der Waals surface area contributed by atoms with E-state index < -0.39 is 28.3 Å². The number of nitrogens with zero attached hydrogens (tertiary/aromatic N) is 3. The summed E-state index contributed by atoms with van der Waals surface area (Å²) < 4.78 is 10.5. The predicted octanol–water partition coefficient (Wildman–Crippen LogP) is 3.56. The van der Waals surface area contributed by atoms with Gasteiger partial charge in [-0.3, -0.25) is 25.0 Å². The summed E-state index contributed by atoms with van der Waals surface area (Å²) in [5, 5.41) is 25.6. The van der Waals surface area contributed by atoms with Gasteiger partial charge in [0.2, 0.25) is 0 Å². The molecule has 0 fully saturated rings. The Morgan fingerprint density at radius 1 is 1.00 bits per heavy atom. The SMILES string of the molecule is Cc1ccc(OCC(=O)N/N=C\c2cccc(OC(=O)c3ccc([N+](=O)[O-])cc3)c2)c([N+](=O)[O-])c1. The van der Waals surface area contributed by atoms with Gasteiger partial charge in [-0.15, -0.1) is 0 Å². The van der Waals surface area contributed by atoms with Crippen LogP contribution in [0.3, 0.4) is 0 Å². The third-order valence-electron chi connectivity index (χ3n) is 4.46. The van der Waals surface area contributed by atoms with Gasteiger partial charge in [-0.1, -0.05) is 18.2 Å². The average Bonchev–Trinajstić information content (AvgIpc) is 2.83. The highest BCUT2D eigenvalue weighted by atomic mass is 16.6. The summed E-state index contributed by atoms with van der Waals surface area (Å²) in [5.41, 5.74) is 3.15. The highest BCUT2D eigenvalue weighted by Gasteiger charge is 2.16. The molecule has 0 atom stereocenters. The average molecular weight is 478 g/mol. The summed E-state index contributed by atoms with van der Waals surface area (Å²) >= 11 is 0. The van der Waals surface area contributed by atoms with Gasteiger partial charge in [0.05, 0.1) is 21.6 Å². The Balaban J connectivity index is 1.54. The number of ether oxygens (including phenoxy) is 2. The minimum Gasteiger partial charge on any atom is -0.477 e. The van der Waals surface area contributed by atoms with Gasteiger partial charge in [0, 0.05) is 18.2 Å². The first kappa shape index (κ1) is 24.5. The largest absolute Gasteiger partial charge is 0.477 e. The van der Waals surface area contributed by atoms with Crippen molar-refractivity contribution in [1.82, 2.24) is 5.43 Å². The number of rotatable bonds is 9. The number of carbonyl (C=O) groups is 2. The van der Waals surface area contributed by atoms with Crippen molar-refractivity contribution in [2.75, 3.05) is 6.61 Å². The Bertz CT molecular complexity index is 1310. The number of nitro groups is 2. The quantitative estimate of drug-likeness (QED) is 0.160. The van der Waals surface area contributed by atoms with Gasteiger partial charge < -0.3 is 9.47 Å². The molecule has 0 aliphatic rings. The summed E-state index contributed by atoms with van der Waals surface area (Å²) in [7, 11) is 0. The second-order valence-corrected chi connectivity index (χ2v) is 7.08. The monoisotopic (exact) mass is 478 g/mol. The first-order valence-electron chi connectivity index (χ1n) is 9.99. The first-order chi connectivity index (χ1) is 16.7. The lowest BCUT2D eigenvalue weighted by molar-refractivity contribution is -0.385. The lowest BCUT2D eigenvalue weighted by Crippen LogP contribution is -2.24. The van der Waals surface area contributed by atoms with E-state index in [1.165, 1.54) is 54.7 Å². The second-order valence-electron chi connectivity index (χ2n) is 7.08. The van der Waals surface area contributed by atoms with Crippen molar-refractivity contribution < 1.29 is 28.9 Å². The molecule has 0 heterocycles. The molecule has 1 amide bonds. The van der Waals surface area contributed by atoms with Crippen molar-refractivity contribution in [2.24, 2.45) is 5.10 Å². The van der Waals surface area contributed by atoms with E-state index in [0.29, 0.717) is 11.1 Å². The molecule has 12 nitrogen and oxygen atoms in total. The van der Waals surface area contributed by atoms with Crippen LogP contribution in [0.5, 0.6) is 11.5 Å². The highest BCUT2D eigenvalue weighted by Crippen LogP contribution is 2.27. The number of hydrogen-bond donors (Lipinski definition) is 1. The molecule has 3 aromatic rings. The molecule has 0 saturated heterocycles. The fourth-order valence-electron chi connectivity index (χ4n) is 2.79. The fourth-order valence-corrected chi connectivity index (χ4v) is 2.79. The number of carbonyl (C=O) groups excluding carboxylic acids is 2. The number of nitrogens with one attached hydrogen (secondary N) is 1. The van der Waals surface area contributed by atoms with Crippen molar-refractivity contribution >= 4 is 29.5 Å². The molecule has 0 radical (unpaired) electrons. The number of benzene rings is 3. The van der Waals surface area contributed by atoms with Crippen LogP contribution in [0, 0.1) is 27.2 Å². The third kappa shape index (κ3) is 6.92. The summed E-state index contributed by atoms with van der Waals surface area (Å²) in [5.74, 6) is -1.19. The van der Waals surface area contributed by atoms with Crippen LogP contribution in [-0.2, 0) is 4.79 Å². The molecule has 178 valence electrons. The Morgan fingerprint density at radius 3 is 2.43 bits per heavy atom. The van der Waals surface area contributed by atoms with Crippen LogP contribution in [-0.4, -0.2) is 34.5 Å². The molecular weight excluding hydrogens is 460 g/mol. The molecule has 35 heavy (non-hydrogen) atoms. The molecule has 0 unspecified atom stereocenters. The highest BCUT2D eigenvalue weighted by molar-refractivity contribution is 5.91. The van der Waals surface area contributed by atoms with E-state index in [-0.39, 0.29) is 28.4 Å². The van der Waals surface area contributed by atoms with E-state index in [4.69, 9.17) is 9.47 Å². The molecule has 3 rings (SSSR count). The van der Waals surface area contributed by atoms with Crippen LogP contribution in [0.15, 0.2) is 71.8 Å². The Kier molecular flexibility index (Phi) is 7.80.